The minimum atomic E-state index is -1.24. The lowest BCUT2D eigenvalue weighted by Gasteiger charge is -2.41. The van der Waals surface area contributed by atoms with Crippen LogP contribution in [0.15, 0.2) is 0 Å². The first-order valence-corrected chi connectivity index (χ1v) is 4.83. The van der Waals surface area contributed by atoms with Crippen molar-refractivity contribution in [2.24, 2.45) is 5.92 Å². The van der Waals surface area contributed by atoms with E-state index in [1.165, 1.54) is 6.92 Å². The molecular weight excluding hydrogens is 202 g/mol. The Balaban J connectivity index is 2.84. The number of Topliss-reactive ketones (excluding diaryl/α,β-unsaturated/α-hetero) is 1. The molecule has 0 amide bonds. The Kier molecular flexibility index (Phi) is 4.18. The number of ether oxygens (including phenoxy) is 1. The maximum Gasteiger partial charge on any atom is 0.139 e. The molecule has 0 saturated carbocycles. The van der Waals surface area contributed by atoms with Gasteiger partial charge in [0.05, 0.1) is 18.6 Å². The number of hydrogen-bond acceptors (Lipinski definition) is 6. The van der Waals surface area contributed by atoms with Crippen molar-refractivity contribution >= 4 is 5.78 Å². The molecule has 0 aromatic rings. The molecule has 6 heteroatoms. The van der Waals surface area contributed by atoms with E-state index in [1.807, 2.05) is 0 Å². The van der Waals surface area contributed by atoms with Gasteiger partial charge in [-0.3, -0.25) is 10.1 Å². The molecule has 6 nitrogen and oxygen atoms in total. The second kappa shape index (κ2) is 5.00. The SMILES string of the molecule is CNC1OC(CO)C(O)C(O)C1C(C)=O. The lowest BCUT2D eigenvalue weighted by Crippen LogP contribution is -2.60. The minimum absolute atomic E-state index is 0.266. The van der Waals surface area contributed by atoms with Crippen LogP contribution in [0.1, 0.15) is 6.92 Å². The van der Waals surface area contributed by atoms with Crippen LogP contribution in [-0.2, 0) is 9.53 Å². The summed E-state index contributed by atoms with van der Waals surface area (Å²) in [5, 5.41) is 30.9. The summed E-state index contributed by atoms with van der Waals surface area (Å²) in [7, 11) is 1.58. The van der Waals surface area contributed by atoms with Crippen LogP contribution >= 0.6 is 0 Å². The molecule has 0 aromatic carbocycles. The highest BCUT2D eigenvalue weighted by Gasteiger charge is 2.45. The third kappa shape index (κ3) is 2.35. The molecular formula is C9H17NO5. The third-order valence-electron chi connectivity index (χ3n) is 2.68. The summed E-state index contributed by atoms with van der Waals surface area (Å²) < 4.78 is 5.25. The predicted molar refractivity (Wildman–Crippen MR) is 51.0 cm³/mol. The molecule has 0 radical (unpaired) electrons. The first-order valence-electron chi connectivity index (χ1n) is 4.83. The van der Waals surface area contributed by atoms with Crippen LogP contribution < -0.4 is 5.32 Å². The quantitative estimate of drug-likeness (QED) is 0.432. The van der Waals surface area contributed by atoms with Gasteiger partial charge in [0.15, 0.2) is 0 Å². The van der Waals surface area contributed by atoms with Crippen molar-refractivity contribution < 1.29 is 24.9 Å². The van der Waals surface area contributed by atoms with E-state index in [1.54, 1.807) is 7.05 Å². The fourth-order valence-corrected chi connectivity index (χ4v) is 1.82. The van der Waals surface area contributed by atoms with Gasteiger partial charge in [-0.15, -0.1) is 0 Å². The van der Waals surface area contributed by atoms with Crippen LogP contribution in [-0.4, -0.2) is 59.3 Å². The number of nitrogens with one attached hydrogen (secondary N) is 1. The van der Waals surface area contributed by atoms with Crippen LogP contribution in [0.5, 0.6) is 0 Å². The van der Waals surface area contributed by atoms with Gasteiger partial charge >= 0.3 is 0 Å². The number of aliphatic hydroxyl groups is 3. The Bertz CT molecular complexity index is 233. The molecule has 1 heterocycles. The van der Waals surface area contributed by atoms with E-state index in [-0.39, 0.29) is 5.78 Å². The molecule has 1 rings (SSSR count). The van der Waals surface area contributed by atoms with Gasteiger partial charge in [0, 0.05) is 0 Å². The molecule has 0 spiro atoms. The summed E-state index contributed by atoms with van der Waals surface area (Å²) in [6.45, 7) is 0.925. The third-order valence-corrected chi connectivity index (χ3v) is 2.68. The molecule has 0 aliphatic carbocycles. The first kappa shape index (κ1) is 12.5. The van der Waals surface area contributed by atoms with Gasteiger partial charge in [0.2, 0.25) is 0 Å². The van der Waals surface area contributed by atoms with Crippen molar-refractivity contribution in [1.29, 1.82) is 0 Å². The van der Waals surface area contributed by atoms with Gasteiger partial charge in [-0.2, -0.15) is 0 Å². The number of rotatable bonds is 3. The second-order valence-corrected chi connectivity index (χ2v) is 3.68. The van der Waals surface area contributed by atoms with E-state index in [4.69, 9.17) is 9.84 Å². The van der Waals surface area contributed by atoms with E-state index in [0.717, 1.165) is 0 Å². The summed E-state index contributed by atoms with van der Waals surface area (Å²) in [5.74, 6) is -1.08. The fraction of sp³-hybridized carbons (Fsp3) is 0.889. The summed E-state index contributed by atoms with van der Waals surface area (Å²) in [4.78, 5) is 11.3. The topological polar surface area (TPSA) is 99.0 Å². The number of carbonyl (C=O) groups is 1. The normalized spacial score (nSPS) is 41.5. The zero-order valence-electron chi connectivity index (χ0n) is 8.75. The van der Waals surface area contributed by atoms with E-state index in [0.29, 0.717) is 0 Å². The lowest BCUT2D eigenvalue weighted by atomic mass is 9.87. The molecule has 4 N–H and O–H groups in total. The highest BCUT2D eigenvalue weighted by Crippen LogP contribution is 2.25. The molecule has 0 aromatic heterocycles. The first-order chi connectivity index (χ1) is 7.02. The van der Waals surface area contributed by atoms with Crippen LogP contribution in [0, 0.1) is 5.92 Å². The van der Waals surface area contributed by atoms with Gasteiger partial charge in [-0.25, -0.2) is 0 Å². The van der Waals surface area contributed by atoms with Crippen molar-refractivity contribution in [2.45, 2.75) is 31.5 Å². The maximum absolute atomic E-state index is 11.3. The average Bonchev–Trinajstić information content (AvgIpc) is 2.20. The summed E-state index contributed by atoms with van der Waals surface area (Å²) >= 11 is 0. The van der Waals surface area contributed by atoms with E-state index in [9.17, 15) is 15.0 Å². The number of hydrogen-bond donors (Lipinski definition) is 4. The Hall–Kier alpha value is -0.530. The van der Waals surface area contributed by atoms with Gasteiger partial charge in [0.25, 0.3) is 0 Å². The van der Waals surface area contributed by atoms with E-state index >= 15 is 0 Å². The highest BCUT2D eigenvalue weighted by molar-refractivity contribution is 5.79. The molecule has 1 fully saturated rings. The van der Waals surface area contributed by atoms with Crippen LogP contribution in [0.25, 0.3) is 0 Å². The number of carbonyl (C=O) groups excluding carboxylic acids is 1. The number of aliphatic hydroxyl groups excluding tert-OH is 3. The number of ketones is 1. The Morgan fingerprint density at radius 3 is 2.40 bits per heavy atom. The Morgan fingerprint density at radius 1 is 1.40 bits per heavy atom. The Labute approximate surface area is 87.9 Å². The van der Waals surface area contributed by atoms with Crippen molar-refractivity contribution in [3.63, 3.8) is 0 Å². The molecule has 1 saturated heterocycles. The van der Waals surface area contributed by atoms with Gasteiger partial charge in [-0.1, -0.05) is 0 Å². The van der Waals surface area contributed by atoms with Crippen molar-refractivity contribution in [3.05, 3.63) is 0 Å². The van der Waals surface area contributed by atoms with E-state index in [2.05, 4.69) is 5.32 Å². The largest absolute Gasteiger partial charge is 0.394 e. The van der Waals surface area contributed by atoms with Crippen molar-refractivity contribution in [2.75, 3.05) is 13.7 Å². The maximum atomic E-state index is 11.3. The van der Waals surface area contributed by atoms with Crippen molar-refractivity contribution in [1.82, 2.24) is 5.32 Å². The van der Waals surface area contributed by atoms with Crippen LogP contribution in [0.2, 0.25) is 0 Å². The summed E-state index contributed by atoms with van der Waals surface area (Å²) in [6.07, 6.45) is -4.01. The van der Waals surface area contributed by atoms with Crippen LogP contribution in [0.4, 0.5) is 0 Å². The molecule has 1 aliphatic rings. The van der Waals surface area contributed by atoms with E-state index < -0.39 is 37.1 Å². The molecule has 5 unspecified atom stereocenters. The Morgan fingerprint density at radius 2 is 2.00 bits per heavy atom. The second-order valence-electron chi connectivity index (χ2n) is 3.68. The minimum Gasteiger partial charge on any atom is -0.394 e. The average molecular weight is 219 g/mol. The molecule has 88 valence electrons. The zero-order chi connectivity index (χ0) is 11.6. The summed E-state index contributed by atoms with van der Waals surface area (Å²) in [5.41, 5.74) is 0. The molecule has 5 atom stereocenters. The zero-order valence-corrected chi connectivity index (χ0v) is 8.75. The highest BCUT2D eigenvalue weighted by atomic mass is 16.5. The van der Waals surface area contributed by atoms with Gasteiger partial charge < -0.3 is 20.1 Å². The molecule has 1 aliphatic heterocycles. The smallest absolute Gasteiger partial charge is 0.139 e. The fourth-order valence-electron chi connectivity index (χ4n) is 1.82. The predicted octanol–water partition coefficient (Wildman–Crippen LogP) is -2.15. The standard InChI is InChI=1S/C9H17NO5/c1-4(12)6-8(14)7(13)5(3-11)15-9(6)10-2/h5-11,13-14H,3H2,1-2H3. The van der Waals surface area contributed by atoms with Crippen molar-refractivity contribution in [3.8, 4) is 0 Å². The molecule has 0 bridgehead atoms. The molecule has 15 heavy (non-hydrogen) atoms. The lowest BCUT2D eigenvalue weighted by molar-refractivity contribution is -0.213. The van der Waals surface area contributed by atoms with Crippen LogP contribution in [0.3, 0.4) is 0 Å². The van der Waals surface area contributed by atoms with Gasteiger partial charge in [0.1, 0.15) is 24.2 Å². The summed E-state index contributed by atoms with van der Waals surface area (Å²) in [6, 6.07) is 0. The van der Waals surface area contributed by atoms with Gasteiger partial charge in [-0.05, 0) is 14.0 Å². The monoisotopic (exact) mass is 219 g/mol.